The molecule has 1 N–H and O–H groups in total. The molecular formula is C49H50N2O5. The molecule has 0 aromatic heterocycles. The molecule has 56 heavy (non-hydrogen) atoms. The van der Waals surface area contributed by atoms with Crippen molar-refractivity contribution >= 4 is 40.3 Å². The number of fused-ring (bicyclic) bond motifs is 11. The standard InChI is InChI=1S/C49H50N2O5/c1-30(53)49(23-24-52)50-40-25-38-37(26-41(40)51(49)6)42-35-11-9-10-12-39(35)47(28-45(2,3)27-46(4,5)29-47)43(42)36-21-22-48(56-44(36)38,31-13-17-33(54-7)18-14-31)32-15-19-34(55-8)20-16-32/h9-22,24-26,50H,23,27-29H2,1-8H3. The Morgan fingerprint density at radius 1 is 0.839 bits per heavy atom. The normalized spacial score (nSPS) is 21.3. The lowest BCUT2D eigenvalue weighted by Crippen LogP contribution is -2.54. The number of carbonyl (C=O) groups is 2. The van der Waals surface area contributed by atoms with E-state index >= 15 is 0 Å². The zero-order valence-electron chi connectivity index (χ0n) is 33.6. The molecule has 9 rings (SSSR count). The van der Waals surface area contributed by atoms with Crippen LogP contribution in [0.25, 0.3) is 28.0 Å². The van der Waals surface area contributed by atoms with Crippen LogP contribution < -0.4 is 24.4 Å². The summed E-state index contributed by atoms with van der Waals surface area (Å²) >= 11 is 0. The average molecular weight is 747 g/mol. The van der Waals surface area contributed by atoms with E-state index in [0.717, 1.165) is 81.6 Å². The number of nitrogens with one attached hydrogen (secondary N) is 1. The van der Waals surface area contributed by atoms with E-state index in [9.17, 15) is 9.59 Å². The maximum Gasteiger partial charge on any atom is 0.178 e. The van der Waals surface area contributed by atoms with E-state index in [2.05, 4.69) is 106 Å². The predicted molar refractivity (Wildman–Crippen MR) is 224 cm³/mol. The van der Waals surface area contributed by atoms with Gasteiger partial charge in [-0.05, 0) is 107 Å². The van der Waals surface area contributed by atoms with E-state index < -0.39 is 11.3 Å². The topological polar surface area (TPSA) is 77.1 Å². The monoisotopic (exact) mass is 746 g/mol. The highest BCUT2D eigenvalue weighted by Crippen LogP contribution is 2.67. The molecule has 1 saturated carbocycles. The minimum atomic E-state index is -1.18. The van der Waals surface area contributed by atoms with Crippen molar-refractivity contribution in [3.63, 3.8) is 0 Å². The number of nitrogens with zero attached hydrogens (tertiary/aromatic N) is 1. The van der Waals surface area contributed by atoms with Crippen LogP contribution in [0.15, 0.2) is 91.0 Å². The minimum absolute atomic E-state index is 0.0213. The maximum absolute atomic E-state index is 13.4. The molecule has 0 amide bonds. The Hall–Kier alpha value is -5.56. The second kappa shape index (κ2) is 12.2. The molecule has 2 aliphatic carbocycles. The fourth-order valence-electron chi connectivity index (χ4n) is 11.5. The van der Waals surface area contributed by atoms with Crippen molar-refractivity contribution in [1.82, 2.24) is 0 Å². The summed E-state index contributed by atoms with van der Waals surface area (Å²) in [6.45, 7) is 11.3. The molecular weight excluding hydrogens is 697 g/mol. The highest BCUT2D eigenvalue weighted by molar-refractivity contribution is 6.13. The van der Waals surface area contributed by atoms with Gasteiger partial charge in [-0.2, -0.15) is 0 Å². The van der Waals surface area contributed by atoms with Crippen molar-refractivity contribution in [2.45, 2.75) is 77.0 Å². The number of ether oxygens (including phenoxy) is 3. The van der Waals surface area contributed by atoms with E-state index in [1.54, 1.807) is 21.1 Å². The highest BCUT2D eigenvalue weighted by atomic mass is 16.5. The third kappa shape index (κ3) is 5.01. The SMILES string of the molecule is COc1ccc(C2(c3ccc(OC)cc3)C=Cc3c4c(c5cc6c(cc5c3O2)NC(CC=O)(C(C)=O)N6C)-c2ccccc2C42CC(C)(C)CC(C)(C)C2)cc1. The Bertz CT molecular complexity index is 2410. The molecule has 4 aliphatic rings. The molecule has 7 heteroatoms. The van der Waals surface area contributed by atoms with Crippen LogP contribution in [0.4, 0.5) is 11.4 Å². The quantitative estimate of drug-likeness (QED) is 0.166. The summed E-state index contributed by atoms with van der Waals surface area (Å²) in [5, 5.41) is 5.53. The summed E-state index contributed by atoms with van der Waals surface area (Å²) in [4.78, 5) is 27.5. The smallest absolute Gasteiger partial charge is 0.178 e. The van der Waals surface area contributed by atoms with E-state index in [1.165, 1.54) is 22.3 Å². The Kier molecular flexibility index (Phi) is 7.88. The number of ketones is 1. The molecule has 1 spiro atoms. The number of anilines is 2. The molecule has 1 unspecified atom stereocenters. The van der Waals surface area contributed by atoms with Gasteiger partial charge < -0.3 is 29.2 Å². The zero-order valence-corrected chi connectivity index (χ0v) is 33.6. The molecule has 2 aliphatic heterocycles. The van der Waals surface area contributed by atoms with Crippen molar-refractivity contribution in [2.75, 3.05) is 31.5 Å². The van der Waals surface area contributed by atoms with Gasteiger partial charge in [0.25, 0.3) is 0 Å². The fraction of sp³-hybridized carbons (Fsp3) is 0.347. The van der Waals surface area contributed by atoms with Gasteiger partial charge in [-0.15, -0.1) is 0 Å². The first kappa shape index (κ1) is 36.1. The average Bonchev–Trinajstić information content (AvgIpc) is 3.60. The Balaban J connectivity index is 1.39. The summed E-state index contributed by atoms with van der Waals surface area (Å²) in [6, 6.07) is 29.6. The summed E-state index contributed by atoms with van der Waals surface area (Å²) in [7, 11) is 5.26. The number of Topliss-reactive ketones (excluding diaryl/α,β-unsaturated/α-hetero) is 1. The van der Waals surface area contributed by atoms with Crippen molar-refractivity contribution < 1.29 is 23.8 Å². The lowest BCUT2D eigenvalue weighted by Gasteiger charge is -2.52. The fourth-order valence-corrected chi connectivity index (χ4v) is 11.5. The van der Waals surface area contributed by atoms with Crippen LogP contribution in [-0.2, 0) is 20.6 Å². The third-order valence-electron chi connectivity index (χ3n) is 13.1. The van der Waals surface area contributed by atoms with Gasteiger partial charge in [0.05, 0.1) is 32.0 Å². The zero-order chi connectivity index (χ0) is 39.4. The van der Waals surface area contributed by atoms with Crippen LogP contribution in [0.1, 0.15) is 88.1 Å². The number of aldehydes is 1. The van der Waals surface area contributed by atoms with Gasteiger partial charge in [0.15, 0.2) is 17.0 Å². The van der Waals surface area contributed by atoms with Gasteiger partial charge in [-0.1, -0.05) is 82.3 Å². The first-order valence-electron chi connectivity index (χ1n) is 19.6. The van der Waals surface area contributed by atoms with Crippen LogP contribution in [-0.4, -0.2) is 39.0 Å². The summed E-state index contributed by atoms with van der Waals surface area (Å²) in [5.41, 5.74) is 7.52. The molecule has 5 aromatic rings. The minimum Gasteiger partial charge on any atom is -0.497 e. The number of benzene rings is 5. The molecule has 7 nitrogen and oxygen atoms in total. The number of hydrogen-bond donors (Lipinski definition) is 1. The van der Waals surface area contributed by atoms with Crippen molar-refractivity contribution in [1.29, 1.82) is 0 Å². The lowest BCUT2D eigenvalue weighted by molar-refractivity contribution is -0.123. The summed E-state index contributed by atoms with van der Waals surface area (Å²) in [6.07, 6.45) is 8.52. The first-order valence-corrected chi connectivity index (χ1v) is 19.6. The first-order chi connectivity index (χ1) is 26.7. The van der Waals surface area contributed by atoms with E-state index in [0.29, 0.717) is 0 Å². The number of hydrogen-bond acceptors (Lipinski definition) is 7. The molecule has 286 valence electrons. The summed E-state index contributed by atoms with van der Waals surface area (Å²) in [5.74, 6) is 2.20. The Labute approximate surface area is 329 Å². The number of carbonyl (C=O) groups excluding carboxylic acids is 2. The van der Waals surface area contributed by atoms with Crippen LogP contribution in [0.5, 0.6) is 17.2 Å². The number of rotatable bonds is 7. The van der Waals surface area contributed by atoms with Crippen LogP contribution in [0, 0.1) is 10.8 Å². The molecule has 2 heterocycles. The van der Waals surface area contributed by atoms with E-state index in [1.807, 2.05) is 36.2 Å². The predicted octanol–water partition coefficient (Wildman–Crippen LogP) is 10.4. The number of methoxy groups -OCH3 is 2. The maximum atomic E-state index is 13.4. The van der Waals surface area contributed by atoms with Gasteiger partial charge in [-0.25, -0.2) is 0 Å². The van der Waals surface area contributed by atoms with Gasteiger partial charge in [0, 0.05) is 34.5 Å². The van der Waals surface area contributed by atoms with Crippen molar-refractivity contribution in [3.05, 3.63) is 119 Å². The van der Waals surface area contributed by atoms with Gasteiger partial charge in [0.1, 0.15) is 23.5 Å². The highest BCUT2D eigenvalue weighted by Gasteiger charge is 2.56. The van der Waals surface area contributed by atoms with Crippen molar-refractivity contribution in [3.8, 4) is 28.4 Å². The largest absolute Gasteiger partial charge is 0.497 e. The molecule has 5 aromatic carbocycles. The van der Waals surface area contributed by atoms with Gasteiger partial charge >= 0.3 is 0 Å². The molecule has 1 fully saturated rings. The van der Waals surface area contributed by atoms with E-state index in [4.69, 9.17) is 14.2 Å². The van der Waals surface area contributed by atoms with Crippen LogP contribution in [0.3, 0.4) is 0 Å². The molecule has 0 radical (unpaired) electrons. The lowest BCUT2D eigenvalue weighted by atomic mass is 9.52. The number of likely N-dealkylation sites (N-methyl/N-ethyl adjacent to an activating group) is 1. The molecule has 0 saturated heterocycles. The Morgan fingerprint density at radius 3 is 2.02 bits per heavy atom. The summed E-state index contributed by atoms with van der Waals surface area (Å²) < 4.78 is 18.9. The third-order valence-corrected chi connectivity index (χ3v) is 13.1. The van der Waals surface area contributed by atoms with Crippen LogP contribution >= 0.6 is 0 Å². The van der Waals surface area contributed by atoms with Gasteiger partial charge in [0.2, 0.25) is 0 Å². The second-order valence-corrected chi connectivity index (χ2v) is 18.0. The van der Waals surface area contributed by atoms with E-state index in [-0.39, 0.29) is 28.4 Å². The van der Waals surface area contributed by atoms with Gasteiger partial charge in [-0.3, -0.25) is 4.79 Å². The van der Waals surface area contributed by atoms with Crippen molar-refractivity contribution in [2.24, 2.45) is 10.8 Å². The second-order valence-electron chi connectivity index (χ2n) is 18.0. The van der Waals surface area contributed by atoms with Crippen LogP contribution in [0.2, 0.25) is 0 Å². The molecule has 0 bridgehead atoms. The Morgan fingerprint density at radius 2 is 1.45 bits per heavy atom. The molecule has 1 atom stereocenters.